The van der Waals surface area contributed by atoms with E-state index in [4.69, 9.17) is 9.15 Å². The normalized spacial score (nSPS) is 13.1. The van der Waals surface area contributed by atoms with Gasteiger partial charge in [0.25, 0.3) is 0 Å². The third kappa shape index (κ3) is 4.49. The van der Waals surface area contributed by atoms with Crippen molar-refractivity contribution in [2.45, 2.75) is 5.41 Å². The van der Waals surface area contributed by atoms with E-state index in [9.17, 15) is 0 Å². The SMILES string of the molecule is c1ccc(-c2ccc(N(c3ccc(-c4ccccc4)cc3)c3ccc4c5c(oc4c3)C3(c4ccccc4O5)c4ccccc4-c4ccccc43)cc2)cc1. The molecular formula is C51H33NO2. The molecule has 1 aromatic heterocycles. The van der Waals surface area contributed by atoms with Crippen LogP contribution in [0.3, 0.4) is 0 Å². The maximum absolute atomic E-state index is 7.16. The lowest BCUT2D eigenvalue weighted by Crippen LogP contribution is -2.31. The van der Waals surface area contributed by atoms with Crippen LogP contribution >= 0.6 is 0 Å². The first-order valence-corrected chi connectivity index (χ1v) is 18.4. The Morgan fingerprint density at radius 2 is 0.852 bits per heavy atom. The molecule has 0 atom stereocenters. The van der Waals surface area contributed by atoms with Crippen LogP contribution in [-0.2, 0) is 5.41 Å². The second-order valence-electron chi connectivity index (χ2n) is 14.0. The number of fused-ring (bicyclic) bond motifs is 11. The summed E-state index contributed by atoms with van der Waals surface area (Å²) < 4.78 is 14.0. The van der Waals surface area contributed by atoms with Crippen molar-refractivity contribution in [2.24, 2.45) is 0 Å². The van der Waals surface area contributed by atoms with Crippen molar-refractivity contribution in [1.29, 1.82) is 0 Å². The maximum Gasteiger partial charge on any atom is 0.178 e. The Labute approximate surface area is 314 Å². The fourth-order valence-corrected chi connectivity index (χ4v) is 8.73. The standard InChI is InChI=1S/C51H33NO2/c1-3-13-34(14-4-1)36-23-27-38(28-24-36)52(39-29-25-37(26-30-39)35-15-5-2-6-16-35)40-31-32-43-48(33-40)54-50-49(43)53-47-22-12-11-21-46(47)51(50)44-19-9-7-17-41(44)42-18-8-10-20-45(42)51/h1-33H. The molecule has 0 saturated carbocycles. The molecule has 0 bridgehead atoms. The zero-order valence-corrected chi connectivity index (χ0v) is 29.3. The van der Waals surface area contributed by atoms with Crippen molar-refractivity contribution in [3.05, 3.63) is 223 Å². The monoisotopic (exact) mass is 691 g/mol. The molecule has 0 fully saturated rings. The minimum absolute atomic E-state index is 0.656. The molecule has 0 radical (unpaired) electrons. The second-order valence-corrected chi connectivity index (χ2v) is 14.0. The summed E-state index contributed by atoms with van der Waals surface area (Å²) in [6.45, 7) is 0. The molecule has 0 unspecified atom stereocenters. The molecule has 0 N–H and O–H groups in total. The number of rotatable bonds is 5. The van der Waals surface area contributed by atoms with Crippen LogP contribution in [0.5, 0.6) is 11.5 Å². The molecule has 54 heavy (non-hydrogen) atoms. The quantitative estimate of drug-likeness (QED) is 0.180. The molecule has 1 spiro atoms. The maximum atomic E-state index is 7.16. The molecule has 1 aliphatic heterocycles. The minimum Gasteiger partial charge on any atom is -0.455 e. The molecule has 11 rings (SSSR count). The smallest absolute Gasteiger partial charge is 0.178 e. The van der Waals surface area contributed by atoms with E-state index in [-0.39, 0.29) is 0 Å². The van der Waals surface area contributed by atoms with E-state index in [0.29, 0.717) is 0 Å². The Kier molecular flexibility index (Phi) is 6.77. The summed E-state index contributed by atoms with van der Waals surface area (Å²) in [6, 6.07) is 71.0. The lowest BCUT2D eigenvalue weighted by atomic mass is 9.69. The highest BCUT2D eigenvalue weighted by Crippen LogP contribution is 2.63. The summed E-state index contributed by atoms with van der Waals surface area (Å²) in [4.78, 5) is 2.30. The Bertz CT molecular complexity index is 2710. The third-order valence-electron chi connectivity index (χ3n) is 11.1. The van der Waals surface area contributed by atoms with Crippen LogP contribution in [0, 0.1) is 0 Å². The molecule has 1 aliphatic carbocycles. The highest BCUT2D eigenvalue weighted by Gasteiger charge is 2.54. The van der Waals surface area contributed by atoms with Gasteiger partial charge in [-0.3, -0.25) is 0 Å². The van der Waals surface area contributed by atoms with Gasteiger partial charge in [0.2, 0.25) is 0 Å². The van der Waals surface area contributed by atoms with E-state index in [1.165, 1.54) is 44.5 Å². The fourth-order valence-electron chi connectivity index (χ4n) is 8.73. The molecule has 0 saturated heterocycles. The first-order chi connectivity index (χ1) is 26.8. The van der Waals surface area contributed by atoms with Crippen LogP contribution in [0.25, 0.3) is 44.3 Å². The van der Waals surface area contributed by atoms with E-state index >= 15 is 0 Å². The summed E-state index contributed by atoms with van der Waals surface area (Å²) >= 11 is 0. The number of anilines is 3. The molecule has 2 aliphatic rings. The van der Waals surface area contributed by atoms with Gasteiger partial charge < -0.3 is 14.1 Å². The third-order valence-corrected chi connectivity index (χ3v) is 11.1. The van der Waals surface area contributed by atoms with Gasteiger partial charge in [0.1, 0.15) is 16.7 Å². The Morgan fingerprint density at radius 3 is 1.43 bits per heavy atom. The number of nitrogens with zero attached hydrogens (tertiary/aromatic N) is 1. The zero-order valence-electron chi connectivity index (χ0n) is 29.3. The van der Waals surface area contributed by atoms with Crippen molar-refractivity contribution >= 4 is 28.0 Å². The van der Waals surface area contributed by atoms with Crippen LogP contribution in [0.2, 0.25) is 0 Å². The van der Waals surface area contributed by atoms with Gasteiger partial charge in [0.05, 0.1) is 5.39 Å². The van der Waals surface area contributed by atoms with Crippen LogP contribution < -0.4 is 9.64 Å². The topological polar surface area (TPSA) is 25.6 Å². The van der Waals surface area contributed by atoms with E-state index in [0.717, 1.165) is 50.9 Å². The van der Waals surface area contributed by atoms with Crippen LogP contribution in [0.4, 0.5) is 17.1 Å². The summed E-state index contributed by atoms with van der Waals surface area (Å²) in [6.07, 6.45) is 0. The molecule has 2 heterocycles. The highest BCUT2D eigenvalue weighted by molar-refractivity contribution is 5.96. The number of hydrogen-bond acceptors (Lipinski definition) is 3. The fraction of sp³-hybridized carbons (Fsp3) is 0.0196. The zero-order chi connectivity index (χ0) is 35.6. The molecule has 254 valence electrons. The van der Waals surface area contributed by atoms with Gasteiger partial charge in [-0.1, -0.05) is 152 Å². The summed E-state index contributed by atoms with van der Waals surface area (Å²) in [7, 11) is 0. The van der Waals surface area contributed by atoms with Gasteiger partial charge in [-0.05, 0) is 87.0 Å². The first-order valence-electron chi connectivity index (χ1n) is 18.4. The number of benzene rings is 8. The predicted octanol–water partition coefficient (Wildman–Crippen LogP) is 13.7. The molecule has 3 heteroatoms. The van der Waals surface area contributed by atoms with Crippen LogP contribution in [0.15, 0.2) is 205 Å². The van der Waals surface area contributed by atoms with Gasteiger partial charge in [0, 0.05) is 28.7 Å². The summed E-state index contributed by atoms with van der Waals surface area (Å²) in [5.41, 5.74) is 13.9. The summed E-state index contributed by atoms with van der Waals surface area (Å²) in [5.74, 6) is 2.44. The van der Waals surface area contributed by atoms with Gasteiger partial charge in [0.15, 0.2) is 11.5 Å². The second kappa shape index (κ2) is 12.0. The van der Waals surface area contributed by atoms with Gasteiger partial charge >= 0.3 is 0 Å². The Hall–Kier alpha value is -7.10. The van der Waals surface area contributed by atoms with Crippen molar-refractivity contribution < 1.29 is 9.15 Å². The highest BCUT2D eigenvalue weighted by atomic mass is 16.5. The van der Waals surface area contributed by atoms with Gasteiger partial charge in [-0.15, -0.1) is 0 Å². The molecular weight excluding hydrogens is 659 g/mol. The van der Waals surface area contributed by atoms with Crippen molar-refractivity contribution in [2.75, 3.05) is 4.90 Å². The minimum atomic E-state index is -0.656. The number of ether oxygens (including phenoxy) is 1. The van der Waals surface area contributed by atoms with Crippen molar-refractivity contribution in [3.8, 4) is 44.9 Å². The Morgan fingerprint density at radius 1 is 0.389 bits per heavy atom. The average molecular weight is 692 g/mol. The molecule has 0 amide bonds. The lowest BCUT2D eigenvalue weighted by Gasteiger charge is -2.36. The van der Waals surface area contributed by atoms with Gasteiger partial charge in [-0.25, -0.2) is 0 Å². The van der Waals surface area contributed by atoms with Crippen molar-refractivity contribution in [3.63, 3.8) is 0 Å². The largest absolute Gasteiger partial charge is 0.455 e. The molecule has 8 aromatic carbocycles. The van der Waals surface area contributed by atoms with Crippen LogP contribution in [0.1, 0.15) is 22.5 Å². The number of hydrogen-bond donors (Lipinski definition) is 0. The van der Waals surface area contributed by atoms with E-state index < -0.39 is 5.41 Å². The Balaban J connectivity index is 1.10. The molecule has 3 nitrogen and oxygen atoms in total. The number of para-hydroxylation sites is 1. The van der Waals surface area contributed by atoms with E-state index in [1.54, 1.807) is 0 Å². The van der Waals surface area contributed by atoms with Crippen LogP contribution in [-0.4, -0.2) is 0 Å². The average Bonchev–Trinajstić information content (AvgIpc) is 3.76. The van der Waals surface area contributed by atoms with Crippen molar-refractivity contribution in [1.82, 2.24) is 0 Å². The summed E-state index contributed by atoms with van der Waals surface area (Å²) in [5, 5.41) is 0.947. The predicted molar refractivity (Wildman–Crippen MR) is 219 cm³/mol. The first kappa shape index (κ1) is 30.5. The number of furan rings is 1. The van der Waals surface area contributed by atoms with E-state index in [1.807, 2.05) is 0 Å². The molecule has 9 aromatic rings. The van der Waals surface area contributed by atoms with Gasteiger partial charge in [-0.2, -0.15) is 0 Å². The van der Waals surface area contributed by atoms with E-state index in [2.05, 4.69) is 205 Å². The lowest BCUT2D eigenvalue weighted by molar-refractivity contribution is 0.389.